The van der Waals surface area contributed by atoms with Crippen molar-refractivity contribution < 1.29 is 4.57 Å². The fourth-order valence-electron chi connectivity index (χ4n) is 5.28. The van der Waals surface area contributed by atoms with Crippen LogP contribution in [0.1, 0.15) is 59.0 Å². The number of rotatable bonds is 1. The normalized spacial score (nSPS) is 21.1. The summed E-state index contributed by atoms with van der Waals surface area (Å²) in [4.78, 5) is 0. The molecule has 5 rings (SSSR count). The minimum absolute atomic E-state index is 0.808. The number of aromatic nitrogens is 1. The van der Waals surface area contributed by atoms with E-state index in [1.54, 1.807) is 11.1 Å². The summed E-state index contributed by atoms with van der Waals surface area (Å²) in [6.45, 7) is 6.69. The Kier molecular flexibility index (Phi) is 3.13. The Morgan fingerprint density at radius 1 is 0.880 bits per heavy atom. The molecule has 0 amide bonds. The van der Waals surface area contributed by atoms with E-state index in [9.17, 15) is 0 Å². The van der Waals surface area contributed by atoms with Gasteiger partial charge in [0.15, 0.2) is 5.69 Å². The maximum Gasteiger partial charge on any atom is 0.220 e. The molecule has 1 saturated carbocycles. The first-order valence-corrected chi connectivity index (χ1v) is 9.57. The van der Waals surface area contributed by atoms with Gasteiger partial charge >= 0.3 is 0 Å². The summed E-state index contributed by atoms with van der Waals surface area (Å²) < 4.78 is 2.37. The first-order valence-electron chi connectivity index (χ1n) is 9.57. The molecule has 2 unspecified atom stereocenters. The van der Waals surface area contributed by atoms with Gasteiger partial charge < -0.3 is 0 Å². The zero-order valence-corrected chi connectivity index (χ0v) is 15.7. The monoisotopic (exact) mass is 328 g/mol. The molecule has 1 aromatic heterocycles. The fourth-order valence-corrected chi connectivity index (χ4v) is 5.28. The van der Waals surface area contributed by atoms with Crippen LogP contribution >= 0.6 is 0 Å². The van der Waals surface area contributed by atoms with E-state index in [1.807, 2.05) is 0 Å². The second kappa shape index (κ2) is 5.17. The summed E-state index contributed by atoms with van der Waals surface area (Å²) in [6.07, 6.45) is 4.18. The molecule has 2 aliphatic rings. The van der Waals surface area contributed by atoms with Gasteiger partial charge in [-0.1, -0.05) is 23.8 Å². The highest BCUT2D eigenvalue weighted by Gasteiger charge is 2.37. The number of benzene rings is 2. The second-order valence-electron chi connectivity index (χ2n) is 8.29. The number of hydrogen-bond acceptors (Lipinski definition) is 0. The van der Waals surface area contributed by atoms with Crippen molar-refractivity contribution in [2.45, 2.75) is 51.9 Å². The molecule has 2 atom stereocenters. The third-order valence-corrected chi connectivity index (χ3v) is 6.69. The van der Waals surface area contributed by atoms with Gasteiger partial charge in [0.1, 0.15) is 7.05 Å². The topological polar surface area (TPSA) is 3.88 Å². The molecule has 0 N–H and O–H groups in total. The summed E-state index contributed by atoms with van der Waals surface area (Å²) in [5.41, 5.74) is 10.1. The lowest BCUT2D eigenvalue weighted by Crippen LogP contribution is -2.35. The van der Waals surface area contributed by atoms with Crippen molar-refractivity contribution in [3.63, 3.8) is 0 Å². The van der Waals surface area contributed by atoms with Crippen molar-refractivity contribution in [1.82, 2.24) is 0 Å². The first kappa shape index (κ1) is 15.1. The lowest BCUT2D eigenvalue weighted by atomic mass is 9.87. The van der Waals surface area contributed by atoms with Gasteiger partial charge in [-0.3, -0.25) is 0 Å². The summed E-state index contributed by atoms with van der Waals surface area (Å²) in [6, 6.07) is 14.2. The van der Waals surface area contributed by atoms with Crippen LogP contribution in [-0.2, 0) is 7.05 Å². The maximum absolute atomic E-state index is 2.53. The van der Waals surface area contributed by atoms with Crippen LogP contribution in [0.15, 0.2) is 36.4 Å². The molecule has 2 aliphatic carbocycles. The molecule has 1 nitrogen and oxygen atoms in total. The Bertz CT molecular complexity index is 1030. The second-order valence-corrected chi connectivity index (χ2v) is 8.29. The highest BCUT2D eigenvalue weighted by Crippen LogP contribution is 2.54. The van der Waals surface area contributed by atoms with Gasteiger partial charge in [-0.15, -0.1) is 0 Å². The zero-order valence-electron chi connectivity index (χ0n) is 15.7. The Morgan fingerprint density at radius 3 is 2.36 bits per heavy atom. The van der Waals surface area contributed by atoms with Crippen molar-refractivity contribution in [3.05, 3.63) is 64.3 Å². The number of nitrogens with zero attached hydrogens (tertiary/aromatic N) is 1. The van der Waals surface area contributed by atoms with Crippen molar-refractivity contribution >= 4 is 10.8 Å². The molecule has 126 valence electrons. The maximum atomic E-state index is 2.53. The van der Waals surface area contributed by atoms with Crippen LogP contribution in [0.5, 0.6) is 0 Å². The van der Waals surface area contributed by atoms with Crippen LogP contribution < -0.4 is 4.57 Å². The minimum atomic E-state index is 0.808. The van der Waals surface area contributed by atoms with Crippen LogP contribution in [0.2, 0.25) is 0 Å². The average molecular weight is 328 g/mol. The first-order chi connectivity index (χ1) is 12.0. The molecule has 25 heavy (non-hydrogen) atoms. The molecule has 0 radical (unpaired) electrons. The summed E-state index contributed by atoms with van der Waals surface area (Å²) in [5.74, 6) is 1.64. The van der Waals surface area contributed by atoms with Crippen molar-refractivity contribution in [2.75, 3.05) is 0 Å². The van der Waals surface area contributed by atoms with E-state index in [1.165, 1.54) is 58.1 Å². The molecule has 1 fully saturated rings. The predicted molar refractivity (Wildman–Crippen MR) is 104 cm³/mol. The van der Waals surface area contributed by atoms with Crippen LogP contribution in [0.4, 0.5) is 0 Å². The lowest BCUT2D eigenvalue weighted by Gasteiger charge is -2.18. The summed E-state index contributed by atoms with van der Waals surface area (Å²) >= 11 is 0. The van der Waals surface area contributed by atoms with E-state index in [0.717, 1.165) is 11.8 Å². The smallest absolute Gasteiger partial charge is 0.198 e. The van der Waals surface area contributed by atoms with Crippen molar-refractivity contribution in [3.8, 4) is 11.3 Å². The van der Waals surface area contributed by atoms with E-state index >= 15 is 0 Å². The summed E-state index contributed by atoms with van der Waals surface area (Å²) in [5, 5.41) is 2.72. The lowest BCUT2D eigenvalue weighted by molar-refractivity contribution is -0.665. The number of pyridine rings is 1. The Labute approximate surface area is 150 Å². The third kappa shape index (κ3) is 2.11. The molecule has 1 heteroatoms. The molecular weight excluding hydrogens is 302 g/mol. The third-order valence-electron chi connectivity index (χ3n) is 6.69. The van der Waals surface area contributed by atoms with Crippen molar-refractivity contribution in [2.24, 2.45) is 7.05 Å². The molecule has 0 aliphatic heterocycles. The predicted octanol–water partition coefficient (Wildman–Crippen LogP) is 5.62. The van der Waals surface area contributed by atoms with E-state index in [0.29, 0.717) is 0 Å². The molecule has 3 aromatic rings. The average Bonchev–Trinajstić information content (AvgIpc) is 3.18. The van der Waals surface area contributed by atoms with Gasteiger partial charge in [0.2, 0.25) is 5.69 Å². The highest BCUT2D eigenvalue weighted by molar-refractivity contribution is 5.94. The number of fused-ring (bicyclic) bond motifs is 6. The van der Waals surface area contributed by atoms with Gasteiger partial charge in [-0.25, -0.2) is 0 Å². The molecule has 1 heterocycles. The van der Waals surface area contributed by atoms with Crippen LogP contribution in [0.3, 0.4) is 0 Å². The van der Waals surface area contributed by atoms with Gasteiger partial charge in [0, 0.05) is 13.0 Å². The van der Waals surface area contributed by atoms with Crippen LogP contribution in [0, 0.1) is 20.8 Å². The Balaban J connectivity index is 1.82. The molecule has 0 spiro atoms. The van der Waals surface area contributed by atoms with E-state index in [-0.39, 0.29) is 0 Å². The largest absolute Gasteiger partial charge is 0.220 e. The van der Waals surface area contributed by atoms with Gasteiger partial charge in [0.05, 0.1) is 10.9 Å². The molecule has 0 saturated heterocycles. The summed E-state index contributed by atoms with van der Waals surface area (Å²) in [7, 11) is 2.21. The van der Waals surface area contributed by atoms with E-state index in [2.05, 4.69) is 68.8 Å². The highest BCUT2D eigenvalue weighted by atomic mass is 14.9. The van der Waals surface area contributed by atoms with Gasteiger partial charge in [-0.05, 0) is 79.2 Å². The standard InChI is InChI=1S/C24H26N/c1-14-5-8-20-19(9-14)11-16(3)25(4)24(20)21-13-23-18-7-6-17(12-18)22(23)10-15(21)2/h5,8-11,13,17-18H,6-7,12H2,1-4H3/q+1. The molecular formula is C24H26N+. The van der Waals surface area contributed by atoms with E-state index < -0.39 is 0 Å². The number of aryl methyl sites for hydroxylation is 3. The fraction of sp³-hybridized carbons (Fsp3) is 0.375. The number of hydrogen-bond donors (Lipinski definition) is 0. The van der Waals surface area contributed by atoms with Crippen LogP contribution in [0.25, 0.3) is 22.0 Å². The van der Waals surface area contributed by atoms with E-state index in [4.69, 9.17) is 0 Å². The minimum Gasteiger partial charge on any atom is -0.198 e. The quantitative estimate of drug-likeness (QED) is 0.510. The Morgan fingerprint density at radius 2 is 1.60 bits per heavy atom. The van der Waals surface area contributed by atoms with Crippen LogP contribution in [-0.4, -0.2) is 0 Å². The van der Waals surface area contributed by atoms with Gasteiger partial charge in [0.25, 0.3) is 0 Å². The Hall–Kier alpha value is -2.15. The SMILES string of the molecule is Cc1ccc2c(-c3cc4c(cc3C)C3CCC4C3)[n+](C)c(C)cc2c1. The van der Waals surface area contributed by atoms with Crippen molar-refractivity contribution in [1.29, 1.82) is 0 Å². The molecule has 2 bridgehead atoms. The van der Waals surface area contributed by atoms with Gasteiger partial charge in [-0.2, -0.15) is 4.57 Å². The molecule has 2 aromatic carbocycles. The zero-order chi connectivity index (χ0) is 17.3.